The van der Waals surface area contributed by atoms with Gasteiger partial charge in [0.05, 0.1) is 18.6 Å². The predicted octanol–water partition coefficient (Wildman–Crippen LogP) is 3.36. The molecule has 0 saturated carbocycles. The highest BCUT2D eigenvalue weighted by molar-refractivity contribution is 7.09. The maximum atomic E-state index is 11.2. The molecule has 0 aliphatic heterocycles. The Morgan fingerprint density at radius 2 is 1.88 bits per heavy atom. The van der Waals surface area contributed by atoms with Crippen LogP contribution in [0.25, 0.3) is 0 Å². The number of methoxy groups -OCH3 is 1. The van der Waals surface area contributed by atoms with E-state index in [1.807, 2.05) is 48.5 Å². The molecule has 130 valence electrons. The number of hydrogen-bond donors (Lipinski definition) is 2. The van der Waals surface area contributed by atoms with E-state index in [0.717, 1.165) is 40.4 Å². The first-order valence-electron chi connectivity index (χ1n) is 7.90. The molecule has 0 amide bonds. The minimum absolute atomic E-state index is 0.0489. The summed E-state index contributed by atoms with van der Waals surface area (Å²) in [6.07, 6.45) is 1.27. The zero-order valence-electron chi connectivity index (χ0n) is 13.8. The zero-order valence-corrected chi connectivity index (χ0v) is 14.6. The van der Waals surface area contributed by atoms with Crippen molar-refractivity contribution in [3.8, 4) is 17.4 Å². The molecule has 0 fully saturated rings. The normalized spacial score (nSPS) is 10.6. The van der Waals surface area contributed by atoms with Crippen LogP contribution in [0.1, 0.15) is 16.0 Å². The van der Waals surface area contributed by atoms with Crippen molar-refractivity contribution in [2.45, 2.75) is 12.8 Å². The van der Waals surface area contributed by atoms with Gasteiger partial charge in [-0.25, -0.2) is 0 Å². The Bertz CT molecular complexity index is 883. The Morgan fingerprint density at radius 3 is 2.56 bits per heavy atom. The number of benzene rings is 2. The molecule has 2 N–H and O–H groups in total. The molecule has 5 nitrogen and oxygen atoms in total. The van der Waals surface area contributed by atoms with Gasteiger partial charge in [-0.1, -0.05) is 41.7 Å². The summed E-state index contributed by atoms with van der Waals surface area (Å²) >= 11 is 1.02. The summed E-state index contributed by atoms with van der Waals surface area (Å²) in [5.74, 6) is 1.60. The Labute approximate surface area is 149 Å². The smallest absolute Gasteiger partial charge is 0.307 e. The fraction of sp³-hybridized carbons (Fsp3) is 0.211. The molecule has 25 heavy (non-hydrogen) atoms. The van der Waals surface area contributed by atoms with Crippen molar-refractivity contribution in [1.82, 2.24) is 4.98 Å². The van der Waals surface area contributed by atoms with Gasteiger partial charge >= 0.3 is 4.87 Å². The van der Waals surface area contributed by atoms with Crippen LogP contribution in [0.2, 0.25) is 0 Å². The maximum absolute atomic E-state index is 11.2. The van der Waals surface area contributed by atoms with Crippen molar-refractivity contribution in [3.05, 3.63) is 74.2 Å². The molecule has 0 unspecified atom stereocenters. The van der Waals surface area contributed by atoms with E-state index in [-0.39, 0.29) is 10.8 Å². The van der Waals surface area contributed by atoms with Gasteiger partial charge in [-0.15, -0.1) is 0 Å². The molecule has 3 rings (SSSR count). The Kier molecular flexibility index (Phi) is 5.40. The molecular formula is C19H19NO4S. The summed E-state index contributed by atoms with van der Waals surface area (Å²) in [7, 11) is 1.66. The number of thiazole rings is 1. The van der Waals surface area contributed by atoms with Crippen LogP contribution >= 0.6 is 11.3 Å². The minimum Gasteiger partial charge on any atom is -0.496 e. The summed E-state index contributed by atoms with van der Waals surface area (Å²) in [4.78, 5) is 14.0. The van der Waals surface area contributed by atoms with Crippen molar-refractivity contribution in [3.63, 3.8) is 0 Å². The summed E-state index contributed by atoms with van der Waals surface area (Å²) in [5, 5.41) is 9.63. The monoisotopic (exact) mass is 357 g/mol. The number of hydrogen-bond acceptors (Lipinski definition) is 5. The van der Waals surface area contributed by atoms with E-state index in [9.17, 15) is 9.90 Å². The standard InChI is InChI=1S/C19H19NO4S/c1-23-16-5-3-2-4-14(16)10-11-24-15-8-6-13(7-9-15)12-17-18(21)20-19(22)25-17/h2-9,21H,10-12H2,1H3,(H,20,22). The number of aromatic nitrogens is 1. The van der Waals surface area contributed by atoms with Gasteiger partial charge in [0.25, 0.3) is 0 Å². The van der Waals surface area contributed by atoms with Crippen LogP contribution in [0.5, 0.6) is 17.4 Å². The van der Waals surface area contributed by atoms with Crippen molar-refractivity contribution in [2.24, 2.45) is 0 Å². The lowest BCUT2D eigenvalue weighted by atomic mass is 10.1. The molecular weight excluding hydrogens is 338 g/mol. The van der Waals surface area contributed by atoms with E-state index in [2.05, 4.69) is 4.98 Å². The van der Waals surface area contributed by atoms with E-state index in [1.165, 1.54) is 0 Å². The molecule has 0 aliphatic rings. The lowest BCUT2D eigenvalue weighted by molar-refractivity contribution is 0.318. The van der Waals surface area contributed by atoms with Gasteiger partial charge in [0.2, 0.25) is 5.88 Å². The molecule has 0 bridgehead atoms. The molecule has 1 aromatic heterocycles. The lowest BCUT2D eigenvalue weighted by Crippen LogP contribution is -2.03. The molecule has 1 heterocycles. The second-order valence-corrected chi connectivity index (χ2v) is 6.59. The average Bonchev–Trinajstić information content (AvgIpc) is 2.94. The SMILES string of the molecule is COc1ccccc1CCOc1ccc(Cc2sc(=O)[nH]c2O)cc1. The van der Waals surface area contributed by atoms with Crippen LogP contribution in [-0.4, -0.2) is 23.8 Å². The fourth-order valence-corrected chi connectivity index (χ4v) is 3.31. The number of nitrogens with one attached hydrogen (secondary N) is 1. The zero-order chi connectivity index (χ0) is 17.6. The number of para-hydroxylation sites is 1. The van der Waals surface area contributed by atoms with Crippen LogP contribution in [-0.2, 0) is 12.8 Å². The van der Waals surface area contributed by atoms with Crippen LogP contribution in [0.3, 0.4) is 0 Å². The van der Waals surface area contributed by atoms with Crippen LogP contribution in [0.4, 0.5) is 0 Å². The third kappa shape index (κ3) is 4.42. The first-order valence-corrected chi connectivity index (χ1v) is 8.72. The molecule has 0 atom stereocenters. The summed E-state index contributed by atoms with van der Waals surface area (Å²) in [5.41, 5.74) is 2.11. The number of ether oxygens (including phenoxy) is 2. The number of rotatable bonds is 7. The number of aromatic hydroxyl groups is 1. The van der Waals surface area contributed by atoms with E-state index in [1.54, 1.807) is 7.11 Å². The van der Waals surface area contributed by atoms with Crippen molar-refractivity contribution in [1.29, 1.82) is 0 Å². The molecule has 0 aliphatic carbocycles. The van der Waals surface area contributed by atoms with Gasteiger partial charge in [-0.05, 0) is 29.3 Å². The molecule has 6 heteroatoms. The molecule has 0 saturated heterocycles. The average molecular weight is 357 g/mol. The van der Waals surface area contributed by atoms with Crippen LogP contribution in [0.15, 0.2) is 53.3 Å². The van der Waals surface area contributed by atoms with E-state index >= 15 is 0 Å². The molecule has 0 radical (unpaired) electrons. The molecule has 0 spiro atoms. The van der Waals surface area contributed by atoms with Gasteiger partial charge in [0.1, 0.15) is 11.5 Å². The quantitative estimate of drug-likeness (QED) is 0.680. The number of H-pyrrole nitrogens is 1. The third-order valence-electron chi connectivity index (χ3n) is 3.82. The third-order valence-corrected chi connectivity index (χ3v) is 4.69. The highest BCUT2D eigenvalue weighted by atomic mass is 32.1. The maximum Gasteiger partial charge on any atom is 0.307 e. The Morgan fingerprint density at radius 1 is 1.12 bits per heavy atom. The topological polar surface area (TPSA) is 71.5 Å². The molecule has 3 aromatic rings. The van der Waals surface area contributed by atoms with Gasteiger partial charge in [0, 0.05) is 12.8 Å². The van der Waals surface area contributed by atoms with Crippen LogP contribution < -0.4 is 14.3 Å². The van der Waals surface area contributed by atoms with E-state index in [4.69, 9.17) is 9.47 Å². The Hall–Kier alpha value is -2.73. The van der Waals surface area contributed by atoms with Gasteiger partial charge in [0.15, 0.2) is 0 Å². The van der Waals surface area contributed by atoms with Crippen LogP contribution in [0, 0.1) is 0 Å². The van der Waals surface area contributed by atoms with Crippen molar-refractivity contribution in [2.75, 3.05) is 13.7 Å². The van der Waals surface area contributed by atoms with Gasteiger partial charge in [-0.3, -0.25) is 9.78 Å². The Balaban J connectivity index is 1.56. The van der Waals surface area contributed by atoms with Gasteiger partial charge < -0.3 is 14.6 Å². The molecule has 2 aromatic carbocycles. The van der Waals surface area contributed by atoms with Crippen molar-refractivity contribution >= 4 is 11.3 Å². The largest absolute Gasteiger partial charge is 0.496 e. The number of aromatic amines is 1. The summed E-state index contributed by atoms with van der Waals surface area (Å²) in [6, 6.07) is 15.5. The minimum atomic E-state index is -0.246. The summed E-state index contributed by atoms with van der Waals surface area (Å²) < 4.78 is 11.1. The summed E-state index contributed by atoms with van der Waals surface area (Å²) in [6.45, 7) is 0.555. The first kappa shape index (κ1) is 17.1. The van der Waals surface area contributed by atoms with E-state index in [0.29, 0.717) is 17.9 Å². The first-order chi connectivity index (χ1) is 12.2. The fourth-order valence-electron chi connectivity index (χ4n) is 2.55. The second kappa shape index (κ2) is 7.90. The second-order valence-electron chi connectivity index (χ2n) is 5.52. The van der Waals surface area contributed by atoms with Crippen molar-refractivity contribution < 1.29 is 14.6 Å². The van der Waals surface area contributed by atoms with E-state index < -0.39 is 0 Å². The highest BCUT2D eigenvalue weighted by Gasteiger charge is 2.08. The predicted molar refractivity (Wildman–Crippen MR) is 98.0 cm³/mol. The lowest BCUT2D eigenvalue weighted by Gasteiger charge is -2.10. The highest BCUT2D eigenvalue weighted by Crippen LogP contribution is 2.22. The van der Waals surface area contributed by atoms with Gasteiger partial charge in [-0.2, -0.15) is 0 Å².